The van der Waals surface area contributed by atoms with Gasteiger partial charge in [0.15, 0.2) is 5.11 Å². The molecule has 0 unspecified atom stereocenters. The van der Waals surface area contributed by atoms with E-state index in [1.165, 1.54) is 0 Å². The maximum Gasteiger partial charge on any atom is 0.175 e. The number of thiocarbonyl (C=S) groups is 1. The average Bonchev–Trinajstić information content (AvgIpc) is 2.47. The van der Waals surface area contributed by atoms with E-state index in [-0.39, 0.29) is 0 Å². The smallest absolute Gasteiger partial charge is 0.175 e. The summed E-state index contributed by atoms with van der Waals surface area (Å²) < 4.78 is 10.5. The molecule has 0 radical (unpaired) electrons. The highest BCUT2D eigenvalue weighted by atomic mass is 35.5. The summed E-state index contributed by atoms with van der Waals surface area (Å²) in [5.74, 6) is 1.09. The van der Waals surface area contributed by atoms with Crippen LogP contribution in [0.5, 0.6) is 11.5 Å². The van der Waals surface area contributed by atoms with Crippen LogP contribution in [0.3, 0.4) is 0 Å². The third-order valence-corrected chi connectivity index (χ3v) is 3.54. The van der Waals surface area contributed by atoms with Gasteiger partial charge >= 0.3 is 0 Å². The van der Waals surface area contributed by atoms with Crippen LogP contribution in [0.15, 0.2) is 36.4 Å². The molecule has 0 aliphatic carbocycles. The summed E-state index contributed by atoms with van der Waals surface area (Å²) in [5.41, 5.74) is 1.41. The summed E-state index contributed by atoms with van der Waals surface area (Å²) in [6.07, 6.45) is 0. The molecule has 0 amide bonds. The predicted octanol–water partition coefficient (Wildman–Crippen LogP) is 4.82. The summed E-state index contributed by atoms with van der Waals surface area (Å²) in [7, 11) is 3.10. The Morgan fingerprint density at radius 3 is 2.36 bits per heavy atom. The minimum absolute atomic E-state index is 0.391. The second-order valence-electron chi connectivity index (χ2n) is 4.28. The third-order valence-electron chi connectivity index (χ3n) is 2.80. The molecule has 0 bridgehead atoms. The Hall–Kier alpha value is -1.69. The van der Waals surface area contributed by atoms with Crippen LogP contribution in [0.4, 0.5) is 11.4 Å². The fourth-order valence-corrected chi connectivity index (χ4v) is 2.47. The number of hydrogen-bond donors (Lipinski definition) is 2. The molecule has 2 rings (SSSR count). The van der Waals surface area contributed by atoms with E-state index in [1.54, 1.807) is 38.5 Å². The number of nitrogens with one attached hydrogen (secondary N) is 2. The largest absolute Gasteiger partial charge is 0.495 e. The van der Waals surface area contributed by atoms with Gasteiger partial charge < -0.3 is 20.1 Å². The number of ether oxygens (including phenoxy) is 2. The first kappa shape index (κ1) is 16.7. The second kappa shape index (κ2) is 7.54. The van der Waals surface area contributed by atoms with Crippen molar-refractivity contribution in [1.82, 2.24) is 0 Å². The first-order chi connectivity index (χ1) is 10.5. The molecule has 2 aromatic rings. The fraction of sp³-hybridized carbons (Fsp3) is 0.133. The molecule has 0 aliphatic rings. The Labute approximate surface area is 144 Å². The van der Waals surface area contributed by atoms with Crippen molar-refractivity contribution < 1.29 is 9.47 Å². The minimum Gasteiger partial charge on any atom is -0.495 e. The summed E-state index contributed by atoms with van der Waals surface area (Å²) in [5, 5.41) is 7.54. The number of benzene rings is 2. The standard InChI is InChI=1S/C15H14Cl2N2O2S/c1-20-13-8-14(21-2)12(7-11(13)17)19-15(22)18-10-5-3-4-9(16)6-10/h3-8H,1-2H3,(H2,18,19,22). The lowest BCUT2D eigenvalue weighted by molar-refractivity contribution is 0.396. The van der Waals surface area contributed by atoms with Crippen molar-refractivity contribution in [2.75, 3.05) is 24.9 Å². The molecule has 0 aliphatic heterocycles. The second-order valence-corrected chi connectivity index (χ2v) is 5.53. The van der Waals surface area contributed by atoms with Crippen molar-refractivity contribution in [3.63, 3.8) is 0 Å². The molecule has 0 fully saturated rings. The lowest BCUT2D eigenvalue weighted by Crippen LogP contribution is -2.19. The molecule has 22 heavy (non-hydrogen) atoms. The molecule has 0 saturated heterocycles. The zero-order valence-corrected chi connectivity index (χ0v) is 14.3. The van der Waals surface area contributed by atoms with Crippen LogP contribution in [-0.4, -0.2) is 19.3 Å². The molecule has 0 atom stereocenters. The van der Waals surface area contributed by atoms with Gasteiger partial charge in [0, 0.05) is 16.8 Å². The fourth-order valence-electron chi connectivity index (χ4n) is 1.81. The van der Waals surface area contributed by atoms with E-state index in [1.807, 2.05) is 12.1 Å². The Bertz CT molecular complexity index is 695. The summed E-state index contributed by atoms with van der Waals surface area (Å²) in [6.45, 7) is 0. The average molecular weight is 357 g/mol. The molecular weight excluding hydrogens is 343 g/mol. The molecule has 7 heteroatoms. The van der Waals surface area contributed by atoms with Gasteiger partial charge in [-0.3, -0.25) is 0 Å². The third kappa shape index (κ3) is 4.16. The van der Waals surface area contributed by atoms with Gasteiger partial charge in [-0.1, -0.05) is 29.3 Å². The number of halogens is 2. The number of rotatable bonds is 4. The Balaban J connectivity index is 2.16. The van der Waals surface area contributed by atoms with E-state index in [0.29, 0.717) is 32.3 Å². The molecule has 2 aromatic carbocycles. The molecule has 0 saturated carbocycles. The van der Waals surface area contributed by atoms with Gasteiger partial charge in [0.05, 0.1) is 24.9 Å². The maximum atomic E-state index is 6.12. The van der Waals surface area contributed by atoms with Crippen molar-refractivity contribution in [2.24, 2.45) is 0 Å². The Kier molecular flexibility index (Phi) is 5.71. The zero-order chi connectivity index (χ0) is 16.1. The van der Waals surface area contributed by atoms with Crippen LogP contribution in [0.25, 0.3) is 0 Å². The van der Waals surface area contributed by atoms with Gasteiger partial charge in [-0.05, 0) is 36.5 Å². The van der Waals surface area contributed by atoms with Gasteiger partial charge in [-0.15, -0.1) is 0 Å². The van der Waals surface area contributed by atoms with Gasteiger partial charge in [-0.25, -0.2) is 0 Å². The Morgan fingerprint density at radius 1 is 1.00 bits per heavy atom. The van der Waals surface area contributed by atoms with Gasteiger partial charge in [0.2, 0.25) is 0 Å². The minimum atomic E-state index is 0.391. The topological polar surface area (TPSA) is 42.5 Å². The van der Waals surface area contributed by atoms with Crippen molar-refractivity contribution in [3.8, 4) is 11.5 Å². The van der Waals surface area contributed by atoms with Crippen molar-refractivity contribution in [3.05, 3.63) is 46.4 Å². The SMILES string of the molecule is COc1cc(OC)c(NC(=S)Nc2cccc(Cl)c2)cc1Cl. The van der Waals surface area contributed by atoms with Crippen LogP contribution in [0.1, 0.15) is 0 Å². The van der Waals surface area contributed by atoms with Gasteiger partial charge in [-0.2, -0.15) is 0 Å². The molecule has 116 valence electrons. The van der Waals surface area contributed by atoms with Crippen LogP contribution < -0.4 is 20.1 Å². The zero-order valence-electron chi connectivity index (χ0n) is 11.9. The highest BCUT2D eigenvalue weighted by Crippen LogP contribution is 2.35. The summed E-state index contributed by atoms with van der Waals surface area (Å²) in [4.78, 5) is 0. The highest BCUT2D eigenvalue weighted by Gasteiger charge is 2.11. The van der Waals surface area contributed by atoms with Gasteiger partial charge in [0.1, 0.15) is 11.5 Å². The lowest BCUT2D eigenvalue weighted by atomic mass is 10.2. The van der Waals surface area contributed by atoms with E-state index < -0.39 is 0 Å². The number of hydrogen-bond acceptors (Lipinski definition) is 3. The van der Waals surface area contributed by atoms with Crippen LogP contribution in [0.2, 0.25) is 10.0 Å². The van der Waals surface area contributed by atoms with Crippen molar-refractivity contribution in [2.45, 2.75) is 0 Å². The van der Waals surface area contributed by atoms with Gasteiger partial charge in [0.25, 0.3) is 0 Å². The molecule has 2 N–H and O–H groups in total. The lowest BCUT2D eigenvalue weighted by Gasteiger charge is -2.15. The number of methoxy groups -OCH3 is 2. The highest BCUT2D eigenvalue weighted by molar-refractivity contribution is 7.80. The number of anilines is 2. The molecule has 4 nitrogen and oxygen atoms in total. The van der Waals surface area contributed by atoms with Crippen LogP contribution in [-0.2, 0) is 0 Å². The van der Waals surface area contributed by atoms with E-state index >= 15 is 0 Å². The Morgan fingerprint density at radius 2 is 1.73 bits per heavy atom. The van der Waals surface area contributed by atoms with Crippen LogP contribution >= 0.6 is 35.4 Å². The normalized spacial score (nSPS) is 10.0. The molecule has 0 spiro atoms. The van der Waals surface area contributed by atoms with Crippen molar-refractivity contribution >= 4 is 51.9 Å². The monoisotopic (exact) mass is 356 g/mol. The van der Waals surface area contributed by atoms with E-state index in [2.05, 4.69) is 10.6 Å². The molecule has 0 heterocycles. The predicted molar refractivity (Wildman–Crippen MR) is 95.9 cm³/mol. The quantitative estimate of drug-likeness (QED) is 0.768. The van der Waals surface area contributed by atoms with E-state index in [4.69, 9.17) is 44.9 Å². The van der Waals surface area contributed by atoms with Crippen LogP contribution in [0, 0.1) is 0 Å². The maximum absolute atomic E-state index is 6.12. The molecule has 0 aromatic heterocycles. The first-order valence-electron chi connectivity index (χ1n) is 6.28. The summed E-state index contributed by atoms with van der Waals surface area (Å²) in [6, 6.07) is 10.6. The van der Waals surface area contributed by atoms with E-state index in [0.717, 1.165) is 5.69 Å². The van der Waals surface area contributed by atoms with Crippen molar-refractivity contribution in [1.29, 1.82) is 0 Å². The summed E-state index contributed by atoms with van der Waals surface area (Å²) >= 11 is 17.3. The molecular formula is C15H14Cl2N2O2S. The first-order valence-corrected chi connectivity index (χ1v) is 7.45. The van der Waals surface area contributed by atoms with E-state index in [9.17, 15) is 0 Å².